The van der Waals surface area contributed by atoms with Crippen molar-refractivity contribution in [3.8, 4) is 5.75 Å². The molecule has 0 bridgehead atoms. The standard InChI is InChI=1S/C20H31N5O2.HI/c1-15-18(16(2)25(23-15)11-12-26-5)13-22-20(21-3)24(4)14-17-9-7-8-10-19(17)27-6;/h7-10H,11-14H2,1-6H3,(H,21,22);1H. The second kappa shape index (κ2) is 11.9. The average Bonchev–Trinajstić information content (AvgIpc) is 2.94. The molecule has 0 aliphatic carbocycles. The summed E-state index contributed by atoms with van der Waals surface area (Å²) < 4.78 is 12.6. The van der Waals surface area contributed by atoms with Crippen molar-refractivity contribution in [1.29, 1.82) is 0 Å². The Bertz CT molecular complexity index is 776. The Hall–Kier alpha value is -1.81. The highest BCUT2D eigenvalue weighted by molar-refractivity contribution is 14.0. The molecule has 8 heteroatoms. The minimum Gasteiger partial charge on any atom is -0.496 e. The van der Waals surface area contributed by atoms with Gasteiger partial charge < -0.3 is 19.7 Å². The highest BCUT2D eigenvalue weighted by Crippen LogP contribution is 2.19. The fourth-order valence-corrected chi connectivity index (χ4v) is 3.10. The quantitative estimate of drug-likeness (QED) is 0.343. The van der Waals surface area contributed by atoms with E-state index in [1.165, 1.54) is 5.56 Å². The summed E-state index contributed by atoms with van der Waals surface area (Å²) >= 11 is 0. The van der Waals surface area contributed by atoms with Crippen molar-refractivity contribution in [3.63, 3.8) is 0 Å². The van der Waals surface area contributed by atoms with Crippen molar-refractivity contribution in [2.75, 3.05) is 34.9 Å². The molecule has 7 nitrogen and oxygen atoms in total. The van der Waals surface area contributed by atoms with Crippen LogP contribution < -0.4 is 10.1 Å². The van der Waals surface area contributed by atoms with Crippen LogP contribution in [0, 0.1) is 13.8 Å². The van der Waals surface area contributed by atoms with Crippen LogP contribution in [-0.4, -0.2) is 55.6 Å². The maximum absolute atomic E-state index is 5.45. The number of guanidine groups is 1. The second-order valence-electron chi connectivity index (χ2n) is 6.43. The summed E-state index contributed by atoms with van der Waals surface area (Å²) in [7, 11) is 7.21. The molecular weight excluding hydrogens is 469 g/mol. The Morgan fingerprint density at radius 3 is 2.61 bits per heavy atom. The predicted octanol–water partition coefficient (Wildman–Crippen LogP) is 2.98. The lowest BCUT2D eigenvalue weighted by atomic mass is 10.2. The van der Waals surface area contributed by atoms with Crippen molar-refractivity contribution < 1.29 is 9.47 Å². The van der Waals surface area contributed by atoms with Gasteiger partial charge in [-0.25, -0.2) is 0 Å². The van der Waals surface area contributed by atoms with Crippen LogP contribution in [0.1, 0.15) is 22.5 Å². The molecule has 0 atom stereocenters. The number of rotatable bonds is 8. The van der Waals surface area contributed by atoms with Gasteiger partial charge in [-0.3, -0.25) is 9.67 Å². The highest BCUT2D eigenvalue weighted by atomic mass is 127. The number of benzene rings is 1. The van der Waals surface area contributed by atoms with E-state index >= 15 is 0 Å². The molecule has 0 unspecified atom stereocenters. The van der Waals surface area contributed by atoms with Crippen LogP contribution in [0.25, 0.3) is 0 Å². The third-order valence-corrected chi connectivity index (χ3v) is 4.64. The van der Waals surface area contributed by atoms with Crippen molar-refractivity contribution in [2.45, 2.75) is 33.5 Å². The first-order valence-electron chi connectivity index (χ1n) is 9.07. The van der Waals surface area contributed by atoms with Crippen molar-refractivity contribution >= 4 is 29.9 Å². The zero-order valence-corrected chi connectivity index (χ0v) is 20.0. The number of halogens is 1. The fraction of sp³-hybridized carbons (Fsp3) is 0.500. The molecule has 0 amide bonds. The van der Waals surface area contributed by atoms with Crippen LogP contribution in [0.4, 0.5) is 0 Å². The molecule has 1 aromatic carbocycles. The number of hydrogen-bond acceptors (Lipinski definition) is 4. The summed E-state index contributed by atoms with van der Waals surface area (Å²) in [4.78, 5) is 6.50. The molecule has 2 aromatic rings. The number of para-hydroxylation sites is 1. The molecule has 2 rings (SSSR count). The fourth-order valence-electron chi connectivity index (χ4n) is 3.10. The number of aliphatic imine (C=N–C) groups is 1. The summed E-state index contributed by atoms with van der Waals surface area (Å²) in [5.74, 6) is 1.70. The lowest BCUT2D eigenvalue weighted by Crippen LogP contribution is -2.38. The van der Waals surface area contributed by atoms with Gasteiger partial charge in [0.15, 0.2) is 5.96 Å². The van der Waals surface area contributed by atoms with Crippen LogP contribution in [0.15, 0.2) is 29.3 Å². The van der Waals surface area contributed by atoms with Gasteiger partial charge in [0, 0.05) is 51.1 Å². The van der Waals surface area contributed by atoms with Crippen LogP contribution in [0.3, 0.4) is 0 Å². The summed E-state index contributed by atoms with van der Waals surface area (Å²) in [6.45, 7) is 6.91. The third-order valence-electron chi connectivity index (χ3n) is 4.64. The number of aromatic nitrogens is 2. The Labute approximate surface area is 185 Å². The Morgan fingerprint density at radius 2 is 1.96 bits per heavy atom. The first kappa shape index (κ1) is 24.2. The van der Waals surface area contributed by atoms with Gasteiger partial charge in [0.2, 0.25) is 0 Å². The molecule has 0 radical (unpaired) electrons. The van der Waals surface area contributed by atoms with Gasteiger partial charge in [-0.05, 0) is 19.9 Å². The van der Waals surface area contributed by atoms with Gasteiger partial charge >= 0.3 is 0 Å². The van der Waals surface area contributed by atoms with E-state index in [0.29, 0.717) is 19.7 Å². The van der Waals surface area contributed by atoms with Crippen molar-refractivity contribution in [2.24, 2.45) is 4.99 Å². The van der Waals surface area contributed by atoms with E-state index < -0.39 is 0 Å². The van der Waals surface area contributed by atoms with Gasteiger partial charge in [0.05, 0.1) is 26.0 Å². The smallest absolute Gasteiger partial charge is 0.193 e. The predicted molar refractivity (Wildman–Crippen MR) is 124 cm³/mol. The maximum atomic E-state index is 5.45. The number of hydrogen-bond donors (Lipinski definition) is 1. The first-order chi connectivity index (χ1) is 13.0. The van der Waals surface area contributed by atoms with Gasteiger partial charge in [0.25, 0.3) is 0 Å². The second-order valence-corrected chi connectivity index (χ2v) is 6.43. The Morgan fingerprint density at radius 1 is 1.25 bits per heavy atom. The highest BCUT2D eigenvalue weighted by Gasteiger charge is 2.14. The molecule has 1 N–H and O–H groups in total. The SMILES string of the molecule is CN=C(NCc1c(C)nn(CCOC)c1C)N(C)Cc1ccccc1OC.I. The average molecular weight is 501 g/mol. The zero-order valence-electron chi connectivity index (χ0n) is 17.7. The van der Waals surface area contributed by atoms with Crippen molar-refractivity contribution in [1.82, 2.24) is 20.0 Å². The monoisotopic (exact) mass is 501 g/mol. The Balaban J connectivity index is 0.00000392. The molecular formula is C20H32IN5O2. The van der Waals surface area contributed by atoms with Gasteiger partial charge in [-0.2, -0.15) is 5.10 Å². The van der Waals surface area contributed by atoms with Crippen LogP contribution in [-0.2, 0) is 24.4 Å². The van der Waals surface area contributed by atoms with Crippen LogP contribution in [0.2, 0.25) is 0 Å². The van der Waals surface area contributed by atoms with E-state index in [-0.39, 0.29) is 24.0 Å². The zero-order chi connectivity index (χ0) is 19.8. The number of nitrogens with zero attached hydrogens (tertiary/aromatic N) is 4. The van der Waals surface area contributed by atoms with E-state index in [1.807, 2.05) is 36.9 Å². The minimum absolute atomic E-state index is 0. The van der Waals surface area contributed by atoms with Crippen LogP contribution in [0.5, 0.6) is 5.75 Å². The maximum Gasteiger partial charge on any atom is 0.193 e. The number of nitrogens with one attached hydrogen (secondary N) is 1. The molecule has 0 saturated heterocycles. The first-order valence-corrected chi connectivity index (χ1v) is 9.07. The summed E-state index contributed by atoms with van der Waals surface area (Å²) in [5.41, 5.74) is 4.49. The number of methoxy groups -OCH3 is 2. The van der Waals surface area contributed by atoms with Gasteiger partial charge in [0.1, 0.15) is 5.75 Å². The van der Waals surface area contributed by atoms with Crippen molar-refractivity contribution in [3.05, 3.63) is 46.8 Å². The van der Waals surface area contributed by atoms with E-state index in [2.05, 4.69) is 33.3 Å². The minimum atomic E-state index is 0. The van der Waals surface area contributed by atoms with Gasteiger partial charge in [-0.15, -0.1) is 24.0 Å². The van der Waals surface area contributed by atoms with Gasteiger partial charge in [-0.1, -0.05) is 18.2 Å². The largest absolute Gasteiger partial charge is 0.496 e. The van der Waals surface area contributed by atoms with E-state index in [1.54, 1.807) is 21.3 Å². The summed E-state index contributed by atoms with van der Waals surface area (Å²) in [6.07, 6.45) is 0. The van der Waals surface area contributed by atoms with E-state index in [0.717, 1.165) is 35.2 Å². The van der Waals surface area contributed by atoms with E-state index in [9.17, 15) is 0 Å². The molecule has 0 fully saturated rings. The Kier molecular flexibility index (Phi) is 10.3. The summed E-state index contributed by atoms with van der Waals surface area (Å²) in [5, 5.41) is 8.06. The van der Waals surface area contributed by atoms with E-state index in [4.69, 9.17) is 9.47 Å². The molecule has 0 spiro atoms. The lowest BCUT2D eigenvalue weighted by molar-refractivity contribution is 0.182. The molecule has 1 aromatic heterocycles. The normalized spacial score (nSPS) is 11.1. The molecule has 0 aliphatic rings. The summed E-state index contributed by atoms with van der Waals surface area (Å²) in [6, 6.07) is 8.03. The number of aryl methyl sites for hydroxylation is 1. The third kappa shape index (κ3) is 6.10. The molecule has 0 saturated carbocycles. The lowest BCUT2D eigenvalue weighted by Gasteiger charge is -2.23. The molecule has 1 heterocycles. The number of ether oxygens (including phenoxy) is 2. The molecule has 156 valence electrons. The van der Waals surface area contributed by atoms with Crippen LogP contribution >= 0.6 is 24.0 Å². The molecule has 28 heavy (non-hydrogen) atoms. The molecule has 0 aliphatic heterocycles. The topological polar surface area (TPSA) is 63.9 Å².